The Bertz CT molecular complexity index is 491. The van der Waals surface area contributed by atoms with Crippen molar-refractivity contribution in [1.29, 1.82) is 0 Å². The zero-order valence-corrected chi connectivity index (χ0v) is 12.5. The van der Waals surface area contributed by atoms with Crippen LogP contribution >= 0.6 is 0 Å². The van der Waals surface area contributed by atoms with Crippen LogP contribution in [0.5, 0.6) is 5.75 Å². The zero-order chi connectivity index (χ0) is 15.3. The highest BCUT2D eigenvalue weighted by molar-refractivity contribution is 5.85. The molecule has 0 saturated heterocycles. The third-order valence-electron chi connectivity index (χ3n) is 2.57. The molecule has 1 aromatic carbocycles. The maximum absolute atomic E-state index is 11.7. The van der Waals surface area contributed by atoms with Gasteiger partial charge in [-0.3, -0.25) is 5.32 Å². The predicted octanol–water partition coefficient (Wildman–Crippen LogP) is 3.34. The summed E-state index contributed by atoms with van der Waals surface area (Å²) >= 11 is 0. The van der Waals surface area contributed by atoms with Crippen LogP contribution in [0, 0.1) is 0 Å². The molecule has 0 aromatic heterocycles. The van der Waals surface area contributed by atoms with Gasteiger partial charge in [0.1, 0.15) is 17.6 Å². The van der Waals surface area contributed by atoms with Crippen molar-refractivity contribution in [1.82, 2.24) is 0 Å². The highest BCUT2D eigenvalue weighted by Gasteiger charge is 2.17. The molecule has 0 heterocycles. The maximum Gasteiger partial charge on any atom is 0.412 e. The van der Waals surface area contributed by atoms with E-state index in [1.54, 1.807) is 45.9 Å². The van der Waals surface area contributed by atoms with E-state index >= 15 is 0 Å². The number of benzene rings is 1. The van der Waals surface area contributed by atoms with Gasteiger partial charge < -0.3 is 14.3 Å². The van der Waals surface area contributed by atoms with Crippen molar-refractivity contribution < 1.29 is 19.1 Å². The Labute approximate surface area is 119 Å². The molecule has 1 rings (SSSR count). The number of rotatable bonds is 4. The second-order valence-electron chi connectivity index (χ2n) is 5.51. The van der Waals surface area contributed by atoms with Gasteiger partial charge in [0.2, 0.25) is 0 Å². The maximum atomic E-state index is 11.7. The van der Waals surface area contributed by atoms with Crippen LogP contribution in [0.1, 0.15) is 39.2 Å². The van der Waals surface area contributed by atoms with Gasteiger partial charge in [0.15, 0.2) is 0 Å². The number of amides is 1. The van der Waals surface area contributed by atoms with Crippen molar-refractivity contribution in [2.24, 2.45) is 0 Å². The van der Waals surface area contributed by atoms with E-state index in [1.807, 2.05) is 0 Å². The van der Waals surface area contributed by atoms with Crippen LogP contribution in [0.4, 0.5) is 10.5 Å². The monoisotopic (exact) mass is 279 g/mol. The largest absolute Gasteiger partial charge is 0.496 e. The van der Waals surface area contributed by atoms with E-state index in [4.69, 9.17) is 9.47 Å². The smallest absolute Gasteiger partial charge is 0.412 e. The standard InChI is InChI=1S/C15H21NO4/c1-10(9-17)12-8-11(6-7-13(12)19-5)16-14(18)20-15(2,3)4/h6-10H,1-5H3,(H,16,18). The fourth-order valence-corrected chi connectivity index (χ4v) is 1.66. The van der Waals surface area contributed by atoms with Crippen molar-refractivity contribution in [3.63, 3.8) is 0 Å². The minimum atomic E-state index is -0.560. The average molecular weight is 279 g/mol. The number of anilines is 1. The first-order chi connectivity index (χ1) is 9.26. The van der Waals surface area contributed by atoms with Crippen molar-refractivity contribution in [3.05, 3.63) is 23.8 Å². The lowest BCUT2D eigenvalue weighted by Gasteiger charge is -2.20. The van der Waals surface area contributed by atoms with Gasteiger partial charge in [0.25, 0.3) is 0 Å². The van der Waals surface area contributed by atoms with Gasteiger partial charge >= 0.3 is 6.09 Å². The molecule has 0 radical (unpaired) electrons. The van der Waals surface area contributed by atoms with Crippen LogP contribution in [-0.4, -0.2) is 25.1 Å². The number of aldehydes is 1. The number of hydrogen-bond acceptors (Lipinski definition) is 4. The summed E-state index contributed by atoms with van der Waals surface area (Å²) in [6.07, 6.45) is 0.294. The summed E-state index contributed by atoms with van der Waals surface area (Å²) in [6.45, 7) is 7.14. The van der Waals surface area contributed by atoms with Gasteiger partial charge in [-0.25, -0.2) is 4.79 Å². The number of hydrogen-bond donors (Lipinski definition) is 1. The molecule has 5 nitrogen and oxygen atoms in total. The van der Waals surface area contributed by atoms with Crippen LogP contribution in [0.25, 0.3) is 0 Å². The van der Waals surface area contributed by atoms with E-state index in [0.29, 0.717) is 11.4 Å². The van der Waals surface area contributed by atoms with Gasteiger partial charge in [0, 0.05) is 17.2 Å². The normalized spacial score (nSPS) is 12.4. The number of ether oxygens (including phenoxy) is 2. The second-order valence-corrected chi connectivity index (χ2v) is 5.51. The number of methoxy groups -OCH3 is 1. The molecule has 0 fully saturated rings. The molecule has 20 heavy (non-hydrogen) atoms. The van der Waals surface area contributed by atoms with Gasteiger partial charge in [-0.2, -0.15) is 0 Å². The quantitative estimate of drug-likeness (QED) is 0.858. The van der Waals surface area contributed by atoms with Crippen molar-refractivity contribution >= 4 is 18.1 Å². The van der Waals surface area contributed by atoms with Gasteiger partial charge in [0.05, 0.1) is 7.11 Å². The molecule has 1 atom stereocenters. The average Bonchev–Trinajstić information content (AvgIpc) is 2.35. The lowest BCUT2D eigenvalue weighted by atomic mass is 10.0. The molecular formula is C15H21NO4. The number of nitrogens with one attached hydrogen (secondary N) is 1. The molecule has 1 N–H and O–H groups in total. The van der Waals surface area contributed by atoms with Crippen molar-refractivity contribution in [2.45, 2.75) is 39.2 Å². The van der Waals surface area contributed by atoms with E-state index < -0.39 is 11.7 Å². The van der Waals surface area contributed by atoms with Crippen LogP contribution in [-0.2, 0) is 9.53 Å². The van der Waals surface area contributed by atoms with Crippen LogP contribution in [0.15, 0.2) is 18.2 Å². The Morgan fingerprint density at radius 3 is 2.50 bits per heavy atom. The molecule has 0 aliphatic carbocycles. The Morgan fingerprint density at radius 1 is 1.35 bits per heavy atom. The fourth-order valence-electron chi connectivity index (χ4n) is 1.66. The molecule has 0 bridgehead atoms. The second kappa shape index (κ2) is 6.41. The molecule has 1 aromatic rings. The number of carbonyl (C=O) groups excluding carboxylic acids is 2. The molecule has 0 aliphatic heterocycles. The minimum absolute atomic E-state index is 0.315. The Balaban J connectivity index is 2.92. The summed E-state index contributed by atoms with van der Waals surface area (Å²) < 4.78 is 10.4. The van der Waals surface area contributed by atoms with Gasteiger partial charge in [-0.05, 0) is 39.0 Å². The van der Waals surface area contributed by atoms with Crippen LogP contribution in [0.2, 0.25) is 0 Å². The van der Waals surface area contributed by atoms with E-state index in [-0.39, 0.29) is 5.92 Å². The first kappa shape index (κ1) is 16.0. The third-order valence-corrected chi connectivity index (χ3v) is 2.57. The highest BCUT2D eigenvalue weighted by Crippen LogP contribution is 2.28. The fraction of sp³-hybridized carbons (Fsp3) is 0.467. The summed E-state index contributed by atoms with van der Waals surface area (Å²) in [4.78, 5) is 22.6. The summed E-state index contributed by atoms with van der Waals surface area (Å²) in [5.74, 6) is 0.296. The first-order valence-electron chi connectivity index (χ1n) is 6.40. The Kier molecular flexibility index (Phi) is 5.13. The zero-order valence-electron chi connectivity index (χ0n) is 12.5. The lowest BCUT2D eigenvalue weighted by Crippen LogP contribution is -2.27. The predicted molar refractivity (Wildman–Crippen MR) is 77.3 cm³/mol. The van der Waals surface area contributed by atoms with Crippen molar-refractivity contribution in [2.75, 3.05) is 12.4 Å². The molecule has 1 unspecified atom stereocenters. The van der Waals surface area contributed by atoms with Gasteiger partial charge in [-0.15, -0.1) is 0 Å². The van der Waals surface area contributed by atoms with E-state index in [1.165, 1.54) is 7.11 Å². The first-order valence-corrected chi connectivity index (χ1v) is 6.40. The van der Waals surface area contributed by atoms with E-state index in [9.17, 15) is 9.59 Å². The molecule has 0 aliphatic rings. The topological polar surface area (TPSA) is 64.6 Å². The van der Waals surface area contributed by atoms with Crippen molar-refractivity contribution in [3.8, 4) is 5.75 Å². The minimum Gasteiger partial charge on any atom is -0.496 e. The van der Waals surface area contributed by atoms with Crippen LogP contribution < -0.4 is 10.1 Å². The molecule has 110 valence electrons. The van der Waals surface area contributed by atoms with E-state index in [2.05, 4.69) is 5.32 Å². The van der Waals surface area contributed by atoms with E-state index in [0.717, 1.165) is 11.8 Å². The van der Waals surface area contributed by atoms with Crippen LogP contribution in [0.3, 0.4) is 0 Å². The Morgan fingerprint density at radius 2 is 2.00 bits per heavy atom. The summed E-state index contributed by atoms with van der Waals surface area (Å²) in [6, 6.07) is 5.12. The number of carbonyl (C=O) groups is 2. The SMILES string of the molecule is COc1ccc(NC(=O)OC(C)(C)C)cc1C(C)C=O. The Hall–Kier alpha value is -2.04. The highest BCUT2D eigenvalue weighted by atomic mass is 16.6. The summed E-state index contributed by atoms with van der Waals surface area (Å²) in [5.41, 5.74) is 0.718. The lowest BCUT2D eigenvalue weighted by molar-refractivity contribution is -0.108. The third kappa shape index (κ3) is 4.57. The summed E-state index contributed by atoms with van der Waals surface area (Å²) in [7, 11) is 1.54. The molecule has 0 saturated carbocycles. The molecule has 0 spiro atoms. The van der Waals surface area contributed by atoms with Gasteiger partial charge in [-0.1, -0.05) is 6.92 Å². The molecular weight excluding hydrogens is 258 g/mol. The molecule has 1 amide bonds. The summed E-state index contributed by atoms with van der Waals surface area (Å²) in [5, 5.41) is 2.64. The molecule has 5 heteroatoms.